The van der Waals surface area contributed by atoms with Gasteiger partial charge in [0.05, 0.1) is 13.2 Å². The molecule has 1 aromatic heterocycles. The highest BCUT2D eigenvalue weighted by molar-refractivity contribution is 4.82. The normalized spacial score (nSPS) is 10.9. The van der Waals surface area contributed by atoms with E-state index in [1.807, 2.05) is 6.92 Å². The van der Waals surface area contributed by atoms with Crippen LogP contribution >= 0.6 is 0 Å². The molecule has 0 unspecified atom stereocenters. The lowest BCUT2D eigenvalue weighted by molar-refractivity contribution is -0.705. The van der Waals surface area contributed by atoms with Crippen LogP contribution in [0.25, 0.3) is 0 Å². The van der Waals surface area contributed by atoms with E-state index < -0.39 is 0 Å². The molecule has 0 bridgehead atoms. The van der Waals surface area contributed by atoms with Crippen LogP contribution in [0.4, 0.5) is 0 Å². The Morgan fingerprint density at radius 2 is 2.12 bits per heavy atom. The van der Waals surface area contributed by atoms with Gasteiger partial charge in [0.2, 0.25) is 0 Å². The second-order valence-electron chi connectivity index (χ2n) is 3.64. The van der Waals surface area contributed by atoms with Gasteiger partial charge in [0.1, 0.15) is 25.5 Å². The first-order valence-corrected chi connectivity index (χ1v) is 5.97. The average molecular weight is 227 g/mol. The van der Waals surface area contributed by atoms with Crippen LogP contribution < -0.4 is 4.57 Å². The maximum Gasteiger partial charge on any atom is 0.256 e. The standard InChI is InChI=1S/C12H23N2O2/c1-4-12-13(8-10-15-3)6-7-14(12)9-11-16-5-2/h6-7H,4-5,8-11H2,1-3H3/q+1. The Labute approximate surface area is 97.8 Å². The van der Waals surface area contributed by atoms with Crippen molar-refractivity contribution in [3.05, 3.63) is 18.2 Å². The first-order valence-electron chi connectivity index (χ1n) is 5.97. The minimum absolute atomic E-state index is 0.757. The predicted octanol–water partition coefficient (Wildman–Crippen LogP) is 1.02. The molecule has 4 nitrogen and oxygen atoms in total. The molecule has 92 valence electrons. The molecule has 0 radical (unpaired) electrons. The lowest BCUT2D eigenvalue weighted by atomic mass is 10.4. The van der Waals surface area contributed by atoms with E-state index in [2.05, 4.69) is 28.5 Å². The van der Waals surface area contributed by atoms with Crippen molar-refractivity contribution in [2.45, 2.75) is 33.4 Å². The fraction of sp³-hybridized carbons (Fsp3) is 0.750. The number of ether oxygens (including phenoxy) is 2. The molecule has 0 spiro atoms. The van der Waals surface area contributed by atoms with Gasteiger partial charge in [0.25, 0.3) is 5.82 Å². The Hall–Kier alpha value is -0.870. The van der Waals surface area contributed by atoms with Crippen molar-refractivity contribution in [3.63, 3.8) is 0 Å². The van der Waals surface area contributed by atoms with Gasteiger partial charge in [0.15, 0.2) is 0 Å². The van der Waals surface area contributed by atoms with Gasteiger partial charge in [-0.25, -0.2) is 9.13 Å². The Morgan fingerprint density at radius 1 is 1.31 bits per heavy atom. The van der Waals surface area contributed by atoms with Crippen LogP contribution in [0.3, 0.4) is 0 Å². The lowest BCUT2D eigenvalue weighted by Crippen LogP contribution is -2.39. The number of aromatic nitrogens is 2. The third-order valence-electron chi connectivity index (χ3n) is 2.62. The number of hydrogen-bond acceptors (Lipinski definition) is 2. The molecule has 0 atom stereocenters. The van der Waals surface area contributed by atoms with Crippen LogP contribution in [0.1, 0.15) is 19.7 Å². The van der Waals surface area contributed by atoms with Crippen molar-refractivity contribution in [1.29, 1.82) is 0 Å². The summed E-state index contributed by atoms with van der Waals surface area (Å²) in [5.74, 6) is 1.33. The second-order valence-corrected chi connectivity index (χ2v) is 3.64. The van der Waals surface area contributed by atoms with Gasteiger partial charge in [-0.3, -0.25) is 0 Å². The van der Waals surface area contributed by atoms with E-state index in [4.69, 9.17) is 9.47 Å². The molecular formula is C12H23N2O2+. The predicted molar refractivity (Wildman–Crippen MR) is 62.4 cm³/mol. The average Bonchev–Trinajstić information content (AvgIpc) is 2.69. The highest BCUT2D eigenvalue weighted by atomic mass is 16.5. The van der Waals surface area contributed by atoms with E-state index in [0.29, 0.717) is 0 Å². The number of methoxy groups -OCH3 is 1. The van der Waals surface area contributed by atoms with Crippen LogP contribution in [0, 0.1) is 0 Å². The SMILES string of the molecule is CCOCC[n+]1ccn(CCOC)c1CC. The summed E-state index contributed by atoms with van der Waals surface area (Å²) in [5.41, 5.74) is 0. The van der Waals surface area contributed by atoms with Crippen LogP contribution in [0.5, 0.6) is 0 Å². The summed E-state index contributed by atoms with van der Waals surface area (Å²) in [7, 11) is 1.73. The van der Waals surface area contributed by atoms with Gasteiger partial charge in [-0.1, -0.05) is 6.92 Å². The summed E-state index contributed by atoms with van der Waals surface area (Å²) >= 11 is 0. The van der Waals surface area contributed by atoms with Crippen molar-refractivity contribution < 1.29 is 14.0 Å². The maximum absolute atomic E-state index is 5.37. The maximum atomic E-state index is 5.37. The third kappa shape index (κ3) is 3.61. The van der Waals surface area contributed by atoms with Gasteiger partial charge in [-0.15, -0.1) is 0 Å². The fourth-order valence-corrected chi connectivity index (χ4v) is 1.81. The zero-order valence-electron chi connectivity index (χ0n) is 10.6. The monoisotopic (exact) mass is 227 g/mol. The van der Waals surface area contributed by atoms with Crippen LogP contribution in [0.2, 0.25) is 0 Å². The Bertz CT molecular complexity index is 297. The van der Waals surface area contributed by atoms with Gasteiger partial charge in [-0.05, 0) is 6.92 Å². The van der Waals surface area contributed by atoms with E-state index >= 15 is 0 Å². The smallest absolute Gasteiger partial charge is 0.256 e. The van der Waals surface area contributed by atoms with Gasteiger partial charge in [0, 0.05) is 20.1 Å². The molecule has 16 heavy (non-hydrogen) atoms. The topological polar surface area (TPSA) is 27.3 Å². The van der Waals surface area contributed by atoms with E-state index in [0.717, 1.165) is 39.3 Å². The first kappa shape index (κ1) is 13.2. The summed E-state index contributed by atoms with van der Waals surface area (Å²) in [6, 6.07) is 0. The highest BCUT2D eigenvalue weighted by Crippen LogP contribution is 1.97. The molecule has 1 heterocycles. The molecule has 0 fully saturated rings. The lowest BCUT2D eigenvalue weighted by Gasteiger charge is -2.03. The van der Waals surface area contributed by atoms with Crippen LogP contribution in [-0.4, -0.2) is 31.5 Å². The van der Waals surface area contributed by atoms with Crippen LogP contribution in [0.15, 0.2) is 12.4 Å². The molecule has 4 heteroatoms. The summed E-state index contributed by atoms with van der Waals surface area (Å²) in [5, 5.41) is 0. The summed E-state index contributed by atoms with van der Waals surface area (Å²) in [6.45, 7) is 8.37. The molecule has 0 saturated heterocycles. The number of nitrogens with zero attached hydrogens (tertiary/aromatic N) is 2. The van der Waals surface area contributed by atoms with Crippen molar-refractivity contribution in [3.8, 4) is 0 Å². The summed E-state index contributed by atoms with van der Waals surface area (Å²) < 4.78 is 15.0. The zero-order valence-corrected chi connectivity index (χ0v) is 10.6. The van der Waals surface area contributed by atoms with Crippen LogP contribution in [-0.2, 0) is 29.0 Å². The van der Waals surface area contributed by atoms with E-state index in [9.17, 15) is 0 Å². The molecule has 1 aromatic rings. The van der Waals surface area contributed by atoms with Gasteiger partial charge in [-0.2, -0.15) is 0 Å². The summed E-state index contributed by atoms with van der Waals surface area (Å²) in [4.78, 5) is 0. The molecule has 0 aliphatic rings. The largest absolute Gasteiger partial charge is 0.381 e. The Kier molecular flexibility index (Phi) is 6.11. The first-order chi connectivity index (χ1) is 7.83. The molecule has 0 aliphatic heterocycles. The molecule has 0 aliphatic carbocycles. The molecule has 0 N–H and O–H groups in total. The van der Waals surface area contributed by atoms with Crippen molar-refractivity contribution in [1.82, 2.24) is 4.57 Å². The van der Waals surface area contributed by atoms with Crippen molar-refractivity contribution in [2.75, 3.05) is 26.9 Å². The number of rotatable bonds is 8. The zero-order chi connectivity index (χ0) is 11.8. The minimum atomic E-state index is 0.757. The molecule has 0 saturated carbocycles. The van der Waals surface area contributed by atoms with E-state index in [-0.39, 0.29) is 0 Å². The molecule has 0 amide bonds. The number of imidazole rings is 1. The van der Waals surface area contributed by atoms with E-state index in [1.165, 1.54) is 5.82 Å². The fourth-order valence-electron chi connectivity index (χ4n) is 1.81. The quantitative estimate of drug-likeness (QED) is 0.490. The van der Waals surface area contributed by atoms with E-state index in [1.54, 1.807) is 7.11 Å². The van der Waals surface area contributed by atoms with Gasteiger partial charge >= 0.3 is 0 Å². The molecule has 0 aromatic carbocycles. The molecular weight excluding hydrogens is 204 g/mol. The van der Waals surface area contributed by atoms with Crippen molar-refractivity contribution >= 4 is 0 Å². The second kappa shape index (κ2) is 7.41. The summed E-state index contributed by atoms with van der Waals surface area (Å²) in [6.07, 6.45) is 5.26. The number of hydrogen-bond donors (Lipinski definition) is 0. The van der Waals surface area contributed by atoms with Crippen molar-refractivity contribution in [2.24, 2.45) is 0 Å². The molecule has 1 rings (SSSR count). The Balaban J connectivity index is 2.58. The highest BCUT2D eigenvalue weighted by Gasteiger charge is 2.14. The van der Waals surface area contributed by atoms with Gasteiger partial charge < -0.3 is 9.47 Å². The third-order valence-corrected chi connectivity index (χ3v) is 2.62. The Morgan fingerprint density at radius 3 is 2.75 bits per heavy atom. The minimum Gasteiger partial charge on any atom is -0.381 e.